The second-order valence-corrected chi connectivity index (χ2v) is 17.8. The van der Waals surface area contributed by atoms with Crippen LogP contribution in [-0.4, -0.2) is 47.8 Å². The van der Waals surface area contributed by atoms with E-state index >= 15 is 0 Å². The van der Waals surface area contributed by atoms with Crippen molar-refractivity contribution in [1.82, 2.24) is 5.32 Å². The number of nitrogens with one attached hydrogen (secondary N) is 1. The number of aliphatic hydroxyl groups excluding tert-OH is 1. The molecule has 0 spiro atoms. The first-order chi connectivity index (χ1) is 26.9. The molecular formula is C46H93N2O6P. The predicted octanol–water partition coefficient (Wildman–Crippen LogP) is 13.6. The molecular weight excluding hydrogens is 707 g/mol. The van der Waals surface area contributed by atoms with Crippen molar-refractivity contribution in [3.63, 3.8) is 0 Å². The van der Waals surface area contributed by atoms with E-state index in [9.17, 15) is 19.4 Å². The van der Waals surface area contributed by atoms with E-state index in [0.29, 0.717) is 6.42 Å². The molecule has 9 heteroatoms. The van der Waals surface area contributed by atoms with Gasteiger partial charge in [0.15, 0.2) is 0 Å². The SMILES string of the molecule is CCCCCCCCCCCCCC/C=C/[C@@H](O)[C@H](COP(=O)(O)OCCN)NC(=O)CCCCCCCCCCCCCCCCCCCCCCCC. The molecule has 0 saturated carbocycles. The van der Waals surface area contributed by atoms with Crippen LogP contribution in [0.25, 0.3) is 0 Å². The highest BCUT2D eigenvalue weighted by Gasteiger charge is 2.26. The van der Waals surface area contributed by atoms with Crippen LogP contribution >= 0.6 is 7.82 Å². The molecule has 0 aliphatic heterocycles. The summed E-state index contributed by atoms with van der Waals surface area (Å²) >= 11 is 0. The summed E-state index contributed by atoms with van der Waals surface area (Å²) in [4.78, 5) is 22.7. The molecule has 0 fully saturated rings. The summed E-state index contributed by atoms with van der Waals surface area (Å²) in [6.07, 6.45) is 48.4. The van der Waals surface area contributed by atoms with Crippen LogP contribution in [0, 0.1) is 0 Å². The number of unbranched alkanes of at least 4 members (excludes halogenated alkanes) is 33. The zero-order chi connectivity index (χ0) is 40.3. The Morgan fingerprint density at radius 2 is 0.927 bits per heavy atom. The maximum Gasteiger partial charge on any atom is 0.472 e. The van der Waals surface area contributed by atoms with Gasteiger partial charge >= 0.3 is 7.82 Å². The Bertz CT molecular complexity index is 875. The number of aliphatic hydroxyl groups is 1. The van der Waals surface area contributed by atoms with E-state index in [0.717, 1.165) is 38.5 Å². The van der Waals surface area contributed by atoms with E-state index < -0.39 is 20.0 Å². The molecule has 0 bridgehead atoms. The number of phosphoric acid groups is 1. The number of allylic oxidation sites excluding steroid dienone is 1. The molecule has 0 aliphatic carbocycles. The lowest BCUT2D eigenvalue weighted by atomic mass is 10.0. The van der Waals surface area contributed by atoms with E-state index in [4.69, 9.17) is 14.8 Å². The van der Waals surface area contributed by atoms with Gasteiger partial charge in [-0.15, -0.1) is 0 Å². The van der Waals surface area contributed by atoms with Gasteiger partial charge in [0.25, 0.3) is 0 Å². The van der Waals surface area contributed by atoms with Crippen LogP contribution in [0.3, 0.4) is 0 Å². The molecule has 8 nitrogen and oxygen atoms in total. The Balaban J connectivity index is 4.06. The van der Waals surface area contributed by atoms with Crippen molar-refractivity contribution < 1.29 is 28.4 Å². The minimum Gasteiger partial charge on any atom is -0.387 e. The lowest BCUT2D eigenvalue weighted by molar-refractivity contribution is -0.123. The third-order valence-corrected chi connectivity index (χ3v) is 11.8. The largest absolute Gasteiger partial charge is 0.472 e. The Kier molecular flexibility index (Phi) is 42.2. The number of rotatable bonds is 45. The smallest absolute Gasteiger partial charge is 0.387 e. The van der Waals surface area contributed by atoms with Crippen LogP contribution in [0.5, 0.6) is 0 Å². The fourth-order valence-electron chi connectivity index (χ4n) is 7.25. The first-order valence-corrected chi connectivity index (χ1v) is 25.3. The highest BCUT2D eigenvalue weighted by atomic mass is 31.2. The molecule has 0 aliphatic rings. The molecule has 0 aromatic heterocycles. The minimum absolute atomic E-state index is 0.0814. The standard InChI is InChI=1S/C46H93N2O6P/c1-3-5-7-9-11-13-15-17-19-20-21-22-23-24-25-26-28-30-32-34-36-38-40-46(50)48-44(43-54-55(51,52)53-42-41-47)45(49)39-37-35-33-31-29-27-18-16-14-12-10-8-6-4-2/h37,39,44-45,49H,3-36,38,40-43,47H2,1-2H3,(H,48,50)(H,51,52)/b39-37+/t44-,45+/m0/s1. The third kappa shape index (κ3) is 41.2. The Labute approximate surface area is 341 Å². The fourth-order valence-corrected chi connectivity index (χ4v) is 8.01. The maximum atomic E-state index is 12.8. The van der Waals surface area contributed by atoms with E-state index in [1.54, 1.807) is 6.08 Å². The molecule has 55 heavy (non-hydrogen) atoms. The van der Waals surface area contributed by atoms with Crippen LogP contribution in [0.4, 0.5) is 0 Å². The first kappa shape index (κ1) is 54.2. The number of phosphoric ester groups is 1. The Hall–Kier alpha value is -0.760. The Morgan fingerprint density at radius 1 is 0.582 bits per heavy atom. The lowest BCUT2D eigenvalue weighted by Crippen LogP contribution is -2.45. The van der Waals surface area contributed by atoms with E-state index in [1.165, 1.54) is 186 Å². The average Bonchev–Trinajstić information content (AvgIpc) is 3.17. The predicted molar refractivity (Wildman–Crippen MR) is 235 cm³/mol. The van der Waals surface area contributed by atoms with Crippen LogP contribution in [0.15, 0.2) is 12.2 Å². The van der Waals surface area contributed by atoms with Gasteiger partial charge < -0.3 is 21.1 Å². The molecule has 0 saturated heterocycles. The number of nitrogens with two attached hydrogens (primary N) is 1. The second kappa shape index (κ2) is 42.8. The third-order valence-electron chi connectivity index (χ3n) is 10.9. The van der Waals surface area contributed by atoms with Crippen LogP contribution in [-0.2, 0) is 18.4 Å². The quantitative estimate of drug-likeness (QED) is 0.0274. The van der Waals surface area contributed by atoms with Crippen molar-refractivity contribution >= 4 is 13.7 Å². The van der Waals surface area contributed by atoms with Gasteiger partial charge in [0, 0.05) is 13.0 Å². The normalized spacial score (nSPS) is 14.1. The minimum atomic E-state index is -4.33. The zero-order valence-corrected chi connectivity index (χ0v) is 37.3. The molecule has 5 N–H and O–H groups in total. The van der Waals surface area contributed by atoms with E-state index in [-0.39, 0.29) is 25.7 Å². The molecule has 0 heterocycles. The van der Waals surface area contributed by atoms with Gasteiger partial charge in [-0.2, -0.15) is 0 Å². The second-order valence-electron chi connectivity index (χ2n) is 16.3. The fraction of sp³-hybridized carbons (Fsp3) is 0.935. The maximum absolute atomic E-state index is 12.8. The summed E-state index contributed by atoms with van der Waals surface area (Å²) in [7, 11) is -4.33. The van der Waals surface area contributed by atoms with Gasteiger partial charge in [0.05, 0.1) is 25.4 Å². The molecule has 0 aromatic rings. The number of amides is 1. The molecule has 3 atom stereocenters. The summed E-state index contributed by atoms with van der Waals surface area (Å²) in [6.45, 7) is 4.17. The van der Waals surface area contributed by atoms with Crippen LogP contribution in [0.1, 0.15) is 245 Å². The number of hydrogen-bond donors (Lipinski definition) is 4. The molecule has 0 rings (SSSR count). The Morgan fingerprint density at radius 3 is 1.29 bits per heavy atom. The topological polar surface area (TPSA) is 131 Å². The van der Waals surface area contributed by atoms with E-state index in [2.05, 4.69) is 19.2 Å². The first-order valence-electron chi connectivity index (χ1n) is 23.8. The van der Waals surface area contributed by atoms with Gasteiger partial charge in [-0.1, -0.05) is 231 Å². The zero-order valence-electron chi connectivity index (χ0n) is 36.4. The van der Waals surface area contributed by atoms with Gasteiger partial charge in [-0.05, 0) is 19.3 Å². The monoisotopic (exact) mass is 801 g/mol. The summed E-state index contributed by atoms with van der Waals surface area (Å²) in [6, 6.07) is -0.854. The summed E-state index contributed by atoms with van der Waals surface area (Å²) in [5, 5.41) is 13.7. The van der Waals surface area contributed by atoms with Crippen LogP contribution < -0.4 is 11.1 Å². The lowest BCUT2D eigenvalue weighted by Gasteiger charge is -2.23. The van der Waals surface area contributed by atoms with Crippen LogP contribution in [0.2, 0.25) is 0 Å². The van der Waals surface area contributed by atoms with Crippen molar-refractivity contribution in [2.75, 3.05) is 19.8 Å². The van der Waals surface area contributed by atoms with Gasteiger partial charge in [0.2, 0.25) is 5.91 Å². The summed E-state index contributed by atoms with van der Waals surface area (Å²) < 4.78 is 22.2. The summed E-state index contributed by atoms with van der Waals surface area (Å²) in [5.41, 5.74) is 5.38. The van der Waals surface area contributed by atoms with E-state index in [1.807, 2.05) is 6.08 Å². The van der Waals surface area contributed by atoms with Gasteiger partial charge in [-0.3, -0.25) is 13.8 Å². The number of carbonyl (C=O) groups is 1. The molecule has 1 unspecified atom stereocenters. The summed E-state index contributed by atoms with van der Waals surface area (Å²) in [5.74, 6) is -0.189. The van der Waals surface area contributed by atoms with Crippen molar-refractivity contribution in [2.45, 2.75) is 257 Å². The van der Waals surface area contributed by atoms with Crippen molar-refractivity contribution in [3.05, 3.63) is 12.2 Å². The highest BCUT2D eigenvalue weighted by Crippen LogP contribution is 2.43. The van der Waals surface area contributed by atoms with Crippen molar-refractivity contribution in [1.29, 1.82) is 0 Å². The number of carbonyl (C=O) groups excluding carboxylic acids is 1. The molecule has 0 aromatic carbocycles. The molecule has 1 amide bonds. The number of hydrogen-bond acceptors (Lipinski definition) is 6. The molecule has 328 valence electrons. The van der Waals surface area contributed by atoms with Crippen molar-refractivity contribution in [3.8, 4) is 0 Å². The molecule has 0 radical (unpaired) electrons. The van der Waals surface area contributed by atoms with Gasteiger partial charge in [0.1, 0.15) is 0 Å². The average molecular weight is 801 g/mol. The van der Waals surface area contributed by atoms with Crippen molar-refractivity contribution in [2.24, 2.45) is 5.73 Å². The highest BCUT2D eigenvalue weighted by molar-refractivity contribution is 7.47. The van der Waals surface area contributed by atoms with Gasteiger partial charge in [-0.25, -0.2) is 4.57 Å².